The van der Waals surface area contributed by atoms with Gasteiger partial charge < -0.3 is 9.74 Å². The highest BCUT2D eigenvalue weighted by Crippen LogP contribution is 2.08. The molecule has 0 radical (unpaired) electrons. The fourth-order valence-corrected chi connectivity index (χ4v) is 1.31. The van der Waals surface area contributed by atoms with Crippen LogP contribution >= 0.6 is 0 Å². The van der Waals surface area contributed by atoms with Crippen LogP contribution in [-0.2, 0) is 4.84 Å². The third-order valence-corrected chi connectivity index (χ3v) is 2.18. The van der Waals surface area contributed by atoms with Gasteiger partial charge in [0.2, 0.25) is 0 Å². The minimum atomic E-state index is 0.681. The van der Waals surface area contributed by atoms with Crippen molar-refractivity contribution >= 4 is 5.71 Å². The highest BCUT2D eigenvalue weighted by atomic mass is 16.6. The second kappa shape index (κ2) is 6.60. The normalized spacial score (nSPS) is 20.1. The van der Waals surface area contributed by atoms with Gasteiger partial charge in [0.05, 0.1) is 5.71 Å². The first-order valence-electron chi connectivity index (χ1n) is 5.26. The van der Waals surface area contributed by atoms with Gasteiger partial charge in [-0.3, -0.25) is 0 Å². The summed E-state index contributed by atoms with van der Waals surface area (Å²) < 4.78 is 0. The van der Waals surface area contributed by atoms with Gasteiger partial charge in [0, 0.05) is 13.0 Å². The van der Waals surface area contributed by atoms with E-state index in [0.29, 0.717) is 6.61 Å². The molecule has 0 N–H and O–H groups in total. The Labute approximate surface area is 86.4 Å². The molecule has 80 valence electrons. The summed E-state index contributed by atoms with van der Waals surface area (Å²) in [6.07, 6.45) is 8.82. The van der Waals surface area contributed by atoms with Crippen molar-refractivity contribution in [3.63, 3.8) is 0 Å². The molecule has 0 fully saturated rings. The van der Waals surface area contributed by atoms with E-state index in [9.17, 15) is 0 Å². The number of hydrogen-bond acceptors (Lipinski definition) is 3. The Morgan fingerprint density at radius 1 is 1.43 bits per heavy atom. The van der Waals surface area contributed by atoms with Gasteiger partial charge in [-0.2, -0.15) is 0 Å². The van der Waals surface area contributed by atoms with E-state index in [4.69, 9.17) is 4.84 Å². The molecule has 14 heavy (non-hydrogen) atoms. The summed E-state index contributed by atoms with van der Waals surface area (Å²) in [5.74, 6) is 0. The first-order chi connectivity index (χ1) is 6.79. The summed E-state index contributed by atoms with van der Waals surface area (Å²) in [7, 11) is 4.07. The van der Waals surface area contributed by atoms with Crippen molar-refractivity contribution in [2.45, 2.75) is 25.7 Å². The van der Waals surface area contributed by atoms with Gasteiger partial charge in [0.1, 0.15) is 6.61 Å². The molecule has 1 aliphatic carbocycles. The number of likely N-dealkylation sites (N-methyl/N-ethyl adjacent to an activating group) is 1. The van der Waals surface area contributed by atoms with E-state index in [1.54, 1.807) is 0 Å². The standard InChI is InChI=1S/C11H20N2O/c1-13(2)9-10-14-12-11-7-5-3-4-6-8-11/h3,5H,4,6-10H2,1-2H3. The van der Waals surface area contributed by atoms with Crippen molar-refractivity contribution in [1.29, 1.82) is 0 Å². The van der Waals surface area contributed by atoms with E-state index in [-0.39, 0.29) is 0 Å². The average Bonchev–Trinajstić information content (AvgIpc) is 2.40. The summed E-state index contributed by atoms with van der Waals surface area (Å²) in [5, 5.41) is 4.15. The maximum atomic E-state index is 5.25. The first kappa shape index (κ1) is 11.2. The molecule has 0 amide bonds. The van der Waals surface area contributed by atoms with Crippen molar-refractivity contribution in [3.8, 4) is 0 Å². The second-order valence-corrected chi connectivity index (χ2v) is 3.86. The predicted octanol–water partition coefficient (Wildman–Crippen LogP) is 2.05. The molecular formula is C11H20N2O. The van der Waals surface area contributed by atoms with E-state index in [1.807, 2.05) is 14.1 Å². The van der Waals surface area contributed by atoms with E-state index in [1.165, 1.54) is 18.6 Å². The Bertz CT molecular complexity index is 209. The van der Waals surface area contributed by atoms with Crippen LogP contribution in [0.5, 0.6) is 0 Å². The molecule has 0 aliphatic heterocycles. The van der Waals surface area contributed by atoms with Crippen LogP contribution in [0, 0.1) is 0 Å². The largest absolute Gasteiger partial charge is 0.394 e. The molecular weight excluding hydrogens is 176 g/mol. The van der Waals surface area contributed by atoms with Gasteiger partial charge in [0.15, 0.2) is 0 Å². The Morgan fingerprint density at radius 2 is 2.29 bits per heavy atom. The van der Waals surface area contributed by atoms with Crippen LogP contribution in [0.3, 0.4) is 0 Å². The summed E-state index contributed by atoms with van der Waals surface area (Å²) in [4.78, 5) is 7.34. The molecule has 0 saturated heterocycles. The maximum Gasteiger partial charge on any atom is 0.129 e. The fourth-order valence-electron chi connectivity index (χ4n) is 1.31. The van der Waals surface area contributed by atoms with E-state index in [0.717, 1.165) is 19.4 Å². The first-order valence-corrected chi connectivity index (χ1v) is 5.26. The molecule has 0 atom stereocenters. The van der Waals surface area contributed by atoms with Gasteiger partial charge in [-0.15, -0.1) is 0 Å². The molecule has 0 saturated carbocycles. The van der Waals surface area contributed by atoms with Gasteiger partial charge in [-0.25, -0.2) is 0 Å². The van der Waals surface area contributed by atoms with Crippen LogP contribution in [-0.4, -0.2) is 37.9 Å². The topological polar surface area (TPSA) is 24.8 Å². The van der Waals surface area contributed by atoms with Crippen molar-refractivity contribution in [2.24, 2.45) is 5.16 Å². The second-order valence-electron chi connectivity index (χ2n) is 3.86. The fraction of sp³-hybridized carbons (Fsp3) is 0.727. The van der Waals surface area contributed by atoms with Gasteiger partial charge in [-0.05, 0) is 33.4 Å². The Balaban J connectivity index is 2.18. The third kappa shape index (κ3) is 5.02. The van der Waals surface area contributed by atoms with Gasteiger partial charge in [-0.1, -0.05) is 17.3 Å². The predicted molar refractivity (Wildman–Crippen MR) is 59.5 cm³/mol. The SMILES string of the molecule is CN(C)CCON=C1CC=CCCC1. The van der Waals surface area contributed by atoms with Crippen molar-refractivity contribution in [3.05, 3.63) is 12.2 Å². The highest BCUT2D eigenvalue weighted by molar-refractivity contribution is 5.85. The minimum Gasteiger partial charge on any atom is -0.394 e. The molecule has 0 spiro atoms. The zero-order valence-electron chi connectivity index (χ0n) is 9.20. The molecule has 3 nitrogen and oxygen atoms in total. The average molecular weight is 196 g/mol. The zero-order valence-corrected chi connectivity index (χ0v) is 9.20. The molecule has 0 aromatic heterocycles. The lowest BCUT2D eigenvalue weighted by molar-refractivity contribution is 0.125. The Hall–Kier alpha value is -0.830. The van der Waals surface area contributed by atoms with Crippen LogP contribution < -0.4 is 0 Å². The van der Waals surface area contributed by atoms with Crippen LogP contribution in [0.2, 0.25) is 0 Å². The van der Waals surface area contributed by atoms with Crippen LogP contribution in [0.15, 0.2) is 17.3 Å². The Kier molecular flexibility index (Phi) is 5.30. The maximum absolute atomic E-state index is 5.25. The number of oxime groups is 1. The molecule has 0 unspecified atom stereocenters. The van der Waals surface area contributed by atoms with E-state index >= 15 is 0 Å². The molecule has 0 aromatic carbocycles. The van der Waals surface area contributed by atoms with Crippen LogP contribution in [0.25, 0.3) is 0 Å². The summed E-state index contributed by atoms with van der Waals surface area (Å²) >= 11 is 0. The number of hydrogen-bond donors (Lipinski definition) is 0. The van der Waals surface area contributed by atoms with Crippen LogP contribution in [0.4, 0.5) is 0 Å². The Morgan fingerprint density at radius 3 is 3.07 bits per heavy atom. The zero-order chi connectivity index (χ0) is 10.2. The molecule has 1 rings (SSSR count). The summed E-state index contributed by atoms with van der Waals surface area (Å²) in [6, 6.07) is 0. The highest BCUT2D eigenvalue weighted by Gasteiger charge is 2.01. The van der Waals surface area contributed by atoms with E-state index in [2.05, 4.69) is 22.2 Å². The summed E-state index contributed by atoms with van der Waals surface area (Å²) in [6.45, 7) is 1.60. The number of nitrogens with zero attached hydrogens (tertiary/aromatic N) is 2. The van der Waals surface area contributed by atoms with Crippen molar-refractivity contribution in [1.82, 2.24) is 4.90 Å². The molecule has 0 heterocycles. The number of allylic oxidation sites excluding steroid dienone is 2. The molecule has 0 bridgehead atoms. The van der Waals surface area contributed by atoms with E-state index < -0.39 is 0 Å². The smallest absolute Gasteiger partial charge is 0.129 e. The van der Waals surface area contributed by atoms with Crippen molar-refractivity contribution < 1.29 is 4.84 Å². The van der Waals surface area contributed by atoms with Crippen molar-refractivity contribution in [2.75, 3.05) is 27.2 Å². The van der Waals surface area contributed by atoms with Gasteiger partial charge in [0.25, 0.3) is 0 Å². The monoisotopic (exact) mass is 196 g/mol. The number of rotatable bonds is 4. The molecule has 3 heteroatoms. The van der Waals surface area contributed by atoms with Crippen LogP contribution in [0.1, 0.15) is 25.7 Å². The lowest BCUT2D eigenvalue weighted by Crippen LogP contribution is -2.17. The third-order valence-electron chi connectivity index (χ3n) is 2.18. The molecule has 1 aliphatic rings. The molecule has 0 aromatic rings. The summed E-state index contributed by atoms with van der Waals surface area (Å²) in [5.41, 5.74) is 1.18. The van der Waals surface area contributed by atoms with Gasteiger partial charge >= 0.3 is 0 Å². The minimum absolute atomic E-state index is 0.681. The lowest BCUT2D eigenvalue weighted by Gasteiger charge is -2.08. The lowest BCUT2D eigenvalue weighted by atomic mass is 10.2. The quantitative estimate of drug-likeness (QED) is 0.390.